The molecule has 0 atom stereocenters. The largest absolute Gasteiger partial charge is 0.444 e. The summed E-state index contributed by atoms with van der Waals surface area (Å²) in [5.41, 5.74) is -0.368. The van der Waals surface area contributed by atoms with E-state index in [1.54, 1.807) is 7.05 Å². The van der Waals surface area contributed by atoms with Crippen molar-refractivity contribution < 1.29 is 9.53 Å². The number of allylic oxidation sites excluding steroid dienone is 2. The molecule has 0 spiro atoms. The third-order valence-corrected chi connectivity index (χ3v) is 6.22. The summed E-state index contributed by atoms with van der Waals surface area (Å²) >= 11 is 0. The molecule has 0 bridgehead atoms. The highest BCUT2D eigenvalue weighted by Gasteiger charge is 2.15. The Hall–Kier alpha value is -2.64. The summed E-state index contributed by atoms with van der Waals surface area (Å²) in [7, 11) is 2.97. The molecule has 0 saturated heterocycles. The van der Waals surface area contributed by atoms with Crippen LogP contribution in [0.15, 0.2) is 28.1 Å². The summed E-state index contributed by atoms with van der Waals surface area (Å²) in [6.07, 6.45) is 22.2. The van der Waals surface area contributed by atoms with E-state index in [9.17, 15) is 14.4 Å². The van der Waals surface area contributed by atoms with Crippen molar-refractivity contribution in [1.82, 2.24) is 18.7 Å². The highest BCUT2D eigenvalue weighted by molar-refractivity contribution is 5.71. The SMILES string of the molecule is CCCCCCCC/C=C/CCCCCCCC(=O)OCn1cnc2c1c(=O)n(C)c(=O)n2C. The second-order valence-electron chi connectivity index (χ2n) is 9.07. The topological polar surface area (TPSA) is 88.1 Å². The molecule has 2 heterocycles. The maximum absolute atomic E-state index is 12.4. The zero-order chi connectivity index (χ0) is 24.8. The predicted molar refractivity (Wildman–Crippen MR) is 136 cm³/mol. The molecule has 0 N–H and O–H groups in total. The fraction of sp³-hybridized carbons (Fsp3) is 0.692. The lowest BCUT2D eigenvalue weighted by atomic mass is 10.1. The number of hydrogen-bond donors (Lipinski definition) is 0. The standard InChI is InChI=1S/C26H42N4O4/c1-4-5-6-7-8-9-10-11-12-13-14-15-16-17-18-19-22(31)34-21-30-20-27-24-23(30)25(32)29(3)26(33)28(24)2/h11-12,20H,4-10,13-19,21H2,1-3H3/b12-11+. The summed E-state index contributed by atoms with van der Waals surface area (Å²) in [5, 5.41) is 0. The molecule has 2 aromatic rings. The van der Waals surface area contributed by atoms with E-state index in [-0.39, 0.29) is 23.9 Å². The molecule has 0 aliphatic rings. The first-order valence-corrected chi connectivity index (χ1v) is 12.9. The van der Waals surface area contributed by atoms with Gasteiger partial charge in [0.15, 0.2) is 17.9 Å². The lowest BCUT2D eigenvalue weighted by Gasteiger charge is -2.08. The Morgan fingerprint density at radius 1 is 0.882 bits per heavy atom. The van der Waals surface area contributed by atoms with Crippen molar-refractivity contribution in [1.29, 1.82) is 0 Å². The summed E-state index contributed by atoms with van der Waals surface area (Å²) in [6.45, 7) is 2.16. The highest BCUT2D eigenvalue weighted by Crippen LogP contribution is 2.11. The Kier molecular flexibility index (Phi) is 12.4. The highest BCUT2D eigenvalue weighted by atomic mass is 16.5. The molecular weight excluding hydrogens is 432 g/mol. The average Bonchev–Trinajstić information content (AvgIpc) is 3.26. The van der Waals surface area contributed by atoms with Gasteiger partial charge < -0.3 is 4.74 Å². The quantitative estimate of drug-likeness (QED) is 0.183. The van der Waals surface area contributed by atoms with Crippen molar-refractivity contribution in [3.63, 3.8) is 0 Å². The van der Waals surface area contributed by atoms with Crippen LogP contribution in [-0.4, -0.2) is 24.7 Å². The number of imidazole rings is 1. The molecular formula is C26H42N4O4. The summed E-state index contributed by atoms with van der Waals surface area (Å²) in [4.78, 5) is 40.6. The van der Waals surface area contributed by atoms with Crippen molar-refractivity contribution in [3.05, 3.63) is 39.3 Å². The third-order valence-electron chi connectivity index (χ3n) is 6.22. The van der Waals surface area contributed by atoms with Crippen LogP contribution in [0, 0.1) is 0 Å². The summed E-state index contributed by atoms with van der Waals surface area (Å²) < 4.78 is 9.11. The molecule has 8 heteroatoms. The molecule has 2 rings (SSSR count). The Bertz CT molecular complexity index is 1030. The van der Waals surface area contributed by atoms with E-state index >= 15 is 0 Å². The van der Waals surface area contributed by atoms with Gasteiger partial charge in [-0.2, -0.15) is 0 Å². The first-order valence-electron chi connectivity index (χ1n) is 12.9. The van der Waals surface area contributed by atoms with Gasteiger partial charge in [-0.15, -0.1) is 0 Å². The Morgan fingerprint density at radius 3 is 2.12 bits per heavy atom. The molecule has 0 aliphatic carbocycles. The van der Waals surface area contributed by atoms with Crippen molar-refractivity contribution in [2.24, 2.45) is 14.1 Å². The second-order valence-corrected chi connectivity index (χ2v) is 9.07. The van der Waals surface area contributed by atoms with Gasteiger partial charge in [-0.1, -0.05) is 70.4 Å². The van der Waals surface area contributed by atoms with Gasteiger partial charge in [0.1, 0.15) is 6.33 Å². The van der Waals surface area contributed by atoms with Gasteiger partial charge in [0.05, 0.1) is 0 Å². The first kappa shape index (κ1) is 27.6. The van der Waals surface area contributed by atoms with Crippen molar-refractivity contribution in [2.75, 3.05) is 0 Å². The van der Waals surface area contributed by atoms with Crippen molar-refractivity contribution in [3.8, 4) is 0 Å². The van der Waals surface area contributed by atoms with E-state index < -0.39 is 11.2 Å². The number of hydrogen-bond acceptors (Lipinski definition) is 5. The molecule has 0 fully saturated rings. The van der Waals surface area contributed by atoms with Crippen LogP contribution in [0.4, 0.5) is 0 Å². The van der Waals surface area contributed by atoms with Crippen molar-refractivity contribution >= 4 is 17.1 Å². The molecule has 8 nitrogen and oxygen atoms in total. The number of nitrogens with zero attached hydrogens (tertiary/aromatic N) is 4. The molecule has 2 aromatic heterocycles. The molecule has 0 aliphatic heterocycles. The van der Waals surface area contributed by atoms with E-state index in [2.05, 4.69) is 24.1 Å². The van der Waals surface area contributed by atoms with Crippen LogP contribution >= 0.6 is 0 Å². The first-order chi connectivity index (χ1) is 16.5. The number of carbonyl (C=O) groups is 1. The number of unbranched alkanes of at least 4 members (excludes halogenated alkanes) is 11. The van der Waals surface area contributed by atoms with Crippen LogP contribution in [-0.2, 0) is 30.4 Å². The average molecular weight is 475 g/mol. The van der Waals surface area contributed by atoms with Gasteiger partial charge in [0, 0.05) is 20.5 Å². The molecule has 34 heavy (non-hydrogen) atoms. The summed E-state index contributed by atoms with van der Waals surface area (Å²) in [6, 6.07) is 0. The number of ether oxygens (including phenoxy) is 1. The monoisotopic (exact) mass is 474 g/mol. The van der Waals surface area contributed by atoms with E-state index in [0.29, 0.717) is 6.42 Å². The van der Waals surface area contributed by atoms with E-state index in [4.69, 9.17) is 4.74 Å². The van der Waals surface area contributed by atoms with Crippen molar-refractivity contribution in [2.45, 2.75) is 104 Å². The van der Waals surface area contributed by atoms with Gasteiger partial charge >= 0.3 is 11.7 Å². The Morgan fingerprint density at radius 2 is 1.47 bits per heavy atom. The maximum Gasteiger partial charge on any atom is 0.332 e. The molecule has 190 valence electrons. The van der Waals surface area contributed by atoms with E-state index in [1.165, 1.54) is 80.3 Å². The molecule has 0 saturated carbocycles. The normalized spacial score (nSPS) is 11.6. The number of aromatic nitrogens is 4. The van der Waals surface area contributed by atoms with E-state index in [0.717, 1.165) is 30.3 Å². The van der Waals surface area contributed by atoms with Gasteiger partial charge in [-0.25, -0.2) is 9.78 Å². The fourth-order valence-corrected chi connectivity index (χ4v) is 4.05. The zero-order valence-corrected chi connectivity index (χ0v) is 21.3. The van der Waals surface area contributed by atoms with Crippen LogP contribution in [0.5, 0.6) is 0 Å². The van der Waals surface area contributed by atoms with E-state index in [1.807, 2.05) is 0 Å². The van der Waals surface area contributed by atoms with Gasteiger partial charge in [-0.05, 0) is 32.1 Å². The number of esters is 1. The minimum atomic E-state index is -0.455. The molecule has 0 amide bonds. The molecule has 0 aromatic carbocycles. The van der Waals surface area contributed by atoms with Gasteiger partial charge in [0.25, 0.3) is 5.56 Å². The van der Waals surface area contributed by atoms with Crippen LogP contribution < -0.4 is 11.2 Å². The Balaban J connectivity index is 1.54. The lowest BCUT2D eigenvalue weighted by Crippen LogP contribution is -2.37. The minimum absolute atomic E-state index is 0.0894. The zero-order valence-electron chi connectivity index (χ0n) is 21.3. The van der Waals surface area contributed by atoms with Crippen LogP contribution in [0.3, 0.4) is 0 Å². The molecule has 0 unspecified atom stereocenters. The van der Waals surface area contributed by atoms with Gasteiger partial charge in [0.2, 0.25) is 0 Å². The Labute approximate surface area is 202 Å². The maximum atomic E-state index is 12.4. The third kappa shape index (κ3) is 8.61. The second kappa shape index (κ2) is 15.3. The van der Waals surface area contributed by atoms with Crippen LogP contribution in [0.25, 0.3) is 11.2 Å². The minimum Gasteiger partial charge on any atom is -0.444 e. The lowest BCUT2D eigenvalue weighted by molar-refractivity contribution is -0.147. The smallest absolute Gasteiger partial charge is 0.332 e. The van der Waals surface area contributed by atoms with Crippen LogP contribution in [0.2, 0.25) is 0 Å². The molecule has 0 radical (unpaired) electrons. The number of carbonyl (C=O) groups excluding carboxylic acids is 1. The summed E-state index contributed by atoms with van der Waals surface area (Å²) in [5.74, 6) is -0.291. The fourth-order valence-electron chi connectivity index (χ4n) is 4.05. The van der Waals surface area contributed by atoms with Crippen LogP contribution in [0.1, 0.15) is 96.8 Å². The number of rotatable bonds is 17. The number of aryl methyl sites for hydroxylation is 1. The predicted octanol–water partition coefficient (Wildman–Crippen LogP) is 4.97. The number of fused-ring (bicyclic) bond motifs is 1. The van der Waals surface area contributed by atoms with Gasteiger partial charge in [-0.3, -0.25) is 23.3 Å².